The molecule has 8 heteroatoms. The number of amides is 2. The van der Waals surface area contributed by atoms with Gasteiger partial charge in [-0.15, -0.1) is 12.4 Å². The van der Waals surface area contributed by atoms with Gasteiger partial charge < -0.3 is 15.5 Å². The van der Waals surface area contributed by atoms with Crippen molar-refractivity contribution in [2.75, 3.05) is 26.7 Å². The molecule has 0 saturated carbocycles. The van der Waals surface area contributed by atoms with Crippen molar-refractivity contribution in [3.05, 3.63) is 30.0 Å². The molecule has 0 aliphatic carbocycles. The molecule has 2 amide bonds. The van der Waals surface area contributed by atoms with E-state index in [-0.39, 0.29) is 36.2 Å². The predicted octanol–water partition coefficient (Wildman–Crippen LogP) is 1.56. The smallest absolute Gasteiger partial charge is 0.253 e. The molecule has 1 aromatic carbocycles. The number of fused-ring (bicyclic) bond motifs is 1. The number of aromatic nitrogens is 2. The first-order valence-electron chi connectivity index (χ1n) is 8.76. The first kappa shape index (κ1) is 20.2. The molecule has 1 aromatic heterocycles. The van der Waals surface area contributed by atoms with Gasteiger partial charge in [0.15, 0.2) is 0 Å². The van der Waals surface area contributed by atoms with Crippen LogP contribution in [0.15, 0.2) is 24.4 Å². The van der Waals surface area contributed by atoms with Crippen LogP contribution in [0, 0.1) is 5.92 Å². The number of carbonyl (C=O) groups excluding carboxylic acids is 2. The summed E-state index contributed by atoms with van der Waals surface area (Å²) in [7, 11) is 1.87. The lowest BCUT2D eigenvalue weighted by atomic mass is 9.96. The number of H-pyrrole nitrogens is 1. The molecule has 0 spiro atoms. The van der Waals surface area contributed by atoms with E-state index in [0.717, 1.165) is 23.7 Å². The second-order valence-electron chi connectivity index (χ2n) is 6.70. The van der Waals surface area contributed by atoms with Crippen LogP contribution in [-0.4, -0.2) is 59.6 Å². The minimum absolute atomic E-state index is 0. The van der Waals surface area contributed by atoms with Crippen LogP contribution in [0.3, 0.4) is 0 Å². The van der Waals surface area contributed by atoms with Gasteiger partial charge in [-0.1, -0.05) is 0 Å². The monoisotopic (exact) mass is 379 g/mol. The van der Waals surface area contributed by atoms with E-state index in [1.54, 1.807) is 17.2 Å². The molecule has 142 valence electrons. The number of nitrogens with one attached hydrogen (secondary N) is 3. The Kier molecular flexibility index (Phi) is 6.99. The average Bonchev–Trinajstić information content (AvgIpc) is 3.13. The number of likely N-dealkylation sites (N-methyl/N-ethyl adjacent to an activating group) is 1. The minimum atomic E-state index is -0.139. The first-order chi connectivity index (χ1) is 12.1. The summed E-state index contributed by atoms with van der Waals surface area (Å²) in [5, 5.41) is 13.8. The van der Waals surface area contributed by atoms with Crippen LogP contribution in [-0.2, 0) is 4.79 Å². The molecular formula is C18H26ClN5O2. The molecule has 2 aromatic rings. The minimum Gasteiger partial charge on any atom is -0.354 e. The summed E-state index contributed by atoms with van der Waals surface area (Å²) in [6.07, 6.45) is 3.38. The third-order valence-corrected chi connectivity index (χ3v) is 4.84. The Morgan fingerprint density at radius 3 is 3.00 bits per heavy atom. The van der Waals surface area contributed by atoms with Gasteiger partial charge in [0.1, 0.15) is 0 Å². The molecule has 0 bridgehead atoms. The second kappa shape index (κ2) is 9.00. The number of halogens is 1. The second-order valence-corrected chi connectivity index (χ2v) is 6.70. The van der Waals surface area contributed by atoms with Crippen molar-refractivity contribution < 1.29 is 9.59 Å². The quantitative estimate of drug-likeness (QED) is 0.735. The number of aromatic amines is 1. The summed E-state index contributed by atoms with van der Waals surface area (Å²) in [4.78, 5) is 27.0. The first-order valence-corrected chi connectivity index (χ1v) is 8.76. The van der Waals surface area contributed by atoms with Gasteiger partial charge in [0.05, 0.1) is 17.6 Å². The predicted molar refractivity (Wildman–Crippen MR) is 104 cm³/mol. The summed E-state index contributed by atoms with van der Waals surface area (Å²) in [6, 6.07) is 5.75. The zero-order chi connectivity index (χ0) is 17.8. The van der Waals surface area contributed by atoms with Crippen LogP contribution >= 0.6 is 12.4 Å². The summed E-state index contributed by atoms with van der Waals surface area (Å²) < 4.78 is 0. The number of rotatable bonds is 5. The van der Waals surface area contributed by atoms with Crippen molar-refractivity contribution in [3.63, 3.8) is 0 Å². The van der Waals surface area contributed by atoms with Gasteiger partial charge in [-0.25, -0.2) is 0 Å². The van der Waals surface area contributed by atoms with E-state index < -0.39 is 0 Å². The van der Waals surface area contributed by atoms with E-state index in [1.807, 2.05) is 26.1 Å². The number of hydrogen-bond acceptors (Lipinski definition) is 4. The number of likely N-dealkylation sites (tertiary alicyclic amines) is 1. The summed E-state index contributed by atoms with van der Waals surface area (Å²) in [6.45, 7) is 3.78. The Bertz CT molecular complexity index is 763. The SMILES string of the molecule is CNC(C)CNC(=O)C1CCCN(C(=O)c2ccc3[nH]ncc3c2)C1.Cl. The van der Waals surface area contributed by atoms with E-state index in [9.17, 15) is 9.59 Å². The third-order valence-electron chi connectivity index (χ3n) is 4.84. The molecule has 0 radical (unpaired) electrons. The number of piperidine rings is 1. The molecule has 3 rings (SSSR count). The molecule has 1 fully saturated rings. The number of carbonyl (C=O) groups is 2. The molecule has 7 nitrogen and oxygen atoms in total. The standard InChI is InChI=1S/C18H25N5O2.ClH/c1-12(19-2)9-20-17(24)14-4-3-7-23(11-14)18(25)13-5-6-16-15(8-13)10-21-22-16;/h5-6,8,10,12,14,19H,3-4,7,9,11H2,1-2H3,(H,20,24)(H,21,22);1H. The fourth-order valence-corrected chi connectivity index (χ4v) is 3.13. The maximum atomic E-state index is 12.8. The van der Waals surface area contributed by atoms with Crippen molar-refractivity contribution >= 4 is 35.1 Å². The van der Waals surface area contributed by atoms with Crippen molar-refractivity contribution in [2.24, 2.45) is 5.92 Å². The zero-order valence-corrected chi connectivity index (χ0v) is 15.9. The Morgan fingerprint density at radius 1 is 1.42 bits per heavy atom. The normalized spacial score (nSPS) is 18.2. The van der Waals surface area contributed by atoms with E-state index in [1.165, 1.54) is 0 Å². The Labute approximate surface area is 159 Å². The average molecular weight is 380 g/mol. The molecule has 1 saturated heterocycles. The molecule has 1 aliphatic rings. The van der Waals surface area contributed by atoms with Crippen LogP contribution in [0.2, 0.25) is 0 Å². The van der Waals surface area contributed by atoms with Gasteiger partial charge in [-0.3, -0.25) is 14.7 Å². The van der Waals surface area contributed by atoms with Crippen LogP contribution in [0.1, 0.15) is 30.1 Å². The van der Waals surface area contributed by atoms with Gasteiger partial charge >= 0.3 is 0 Å². The van der Waals surface area contributed by atoms with Crippen molar-refractivity contribution in [3.8, 4) is 0 Å². The Hall–Kier alpha value is -2.12. The lowest BCUT2D eigenvalue weighted by Crippen LogP contribution is -2.47. The Balaban J connectivity index is 0.00000243. The molecular weight excluding hydrogens is 354 g/mol. The lowest BCUT2D eigenvalue weighted by molar-refractivity contribution is -0.126. The molecule has 1 aliphatic heterocycles. The molecule has 2 unspecified atom stereocenters. The lowest BCUT2D eigenvalue weighted by Gasteiger charge is -2.32. The maximum absolute atomic E-state index is 12.8. The summed E-state index contributed by atoms with van der Waals surface area (Å²) in [5.41, 5.74) is 1.55. The van der Waals surface area contributed by atoms with Crippen LogP contribution in [0.4, 0.5) is 0 Å². The highest BCUT2D eigenvalue weighted by Gasteiger charge is 2.29. The fourth-order valence-electron chi connectivity index (χ4n) is 3.13. The van der Waals surface area contributed by atoms with Gasteiger partial charge in [0.25, 0.3) is 5.91 Å². The fraction of sp³-hybridized carbons (Fsp3) is 0.500. The topological polar surface area (TPSA) is 90.1 Å². The third kappa shape index (κ3) is 4.53. The highest BCUT2D eigenvalue weighted by atomic mass is 35.5. The van der Waals surface area contributed by atoms with Crippen molar-refractivity contribution in [1.29, 1.82) is 0 Å². The van der Waals surface area contributed by atoms with E-state index >= 15 is 0 Å². The molecule has 2 heterocycles. The zero-order valence-electron chi connectivity index (χ0n) is 15.1. The molecule has 26 heavy (non-hydrogen) atoms. The van der Waals surface area contributed by atoms with Crippen LogP contribution < -0.4 is 10.6 Å². The van der Waals surface area contributed by atoms with E-state index in [2.05, 4.69) is 20.8 Å². The highest BCUT2D eigenvalue weighted by molar-refractivity contribution is 5.98. The largest absolute Gasteiger partial charge is 0.354 e. The number of benzene rings is 1. The van der Waals surface area contributed by atoms with Crippen LogP contribution in [0.25, 0.3) is 10.9 Å². The van der Waals surface area contributed by atoms with Gasteiger partial charge in [0, 0.05) is 36.6 Å². The molecule has 3 N–H and O–H groups in total. The van der Waals surface area contributed by atoms with Crippen molar-refractivity contribution in [1.82, 2.24) is 25.7 Å². The van der Waals surface area contributed by atoms with Gasteiger partial charge in [0.2, 0.25) is 5.91 Å². The number of nitrogens with zero attached hydrogens (tertiary/aromatic N) is 2. The highest BCUT2D eigenvalue weighted by Crippen LogP contribution is 2.20. The number of hydrogen-bond donors (Lipinski definition) is 3. The van der Waals surface area contributed by atoms with E-state index in [4.69, 9.17) is 0 Å². The Morgan fingerprint density at radius 2 is 2.23 bits per heavy atom. The van der Waals surface area contributed by atoms with E-state index in [0.29, 0.717) is 25.2 Å². The van der Waals surface area contributed by atoms with Crippen LogP contribution in [0.5, 0.6) is 0 Å². The molecule has 2 atom stereocenters. The van der Waals surface area contributed by atoms with Gasteiger partial charge in [-0.05, 0) is 45.0 Å². The maximum Gasteiger partial charge on any atom is 0.253 e. The van der Waals surface area contributed by atoms with Crippen molar-refractivity contribution in [2.45, 2.75) is 25.8 Å². The summed E-state index contributed by atoms with van der Waals surface area (Å²) in [5.74, 6) is -0.131. The summed E-state index contributed by atoms with van der Waals surface area (Å²) >= 11 is 0. The van der Waals surface area contributed by atoms with Gasteiger partial charge in [-0.2, -0.15) is 5.10 Å².